The third kappa shape index (κ3) is 5.17. The van der Waals surface area contributed by atoms with Crippen LogP contribution in [0.15, 0.2) is 30.3 Å². The highest BCUT2D eigenvalue weighted by Crippen LogP contribution is 2.05. The van der Waals surface area contributed by atoms with Crippen LogP contribution in [0.25, 0.3) is 0 Å². The molecule has 0 spiro atoms. The molecular weight excluding hydrogens is 224 g/mol. The predicted octanol–water partition coefficient (Wildman–Crippen LogP) is 1.91. The van der Waals surface area contributed by atoms with E-state index in [-0.39, 0.29) is 6.04 Å². The number of benzene rings is 1. The van der Waals surface area contributed by atoms with Crippen LogP contribution in [0.5, 0.6) is 0 Å². The SMILES string of the molecule is CCN(CC(N)Cc1ccccc1)C(C)COC. The minimum Gasteiger partial charge on any atom is -0.383 e. The van der Waals surface area contributed by atoms with Crippen molar-refractivity contribution in [3.8, 4) is 0 Å². The number of methoxy groups -OCH3 is 1. The van der Waals surface area contributed by atoms with Crippen molar-refractivity contribution in [3.05, 3.63) is 35.9 Å². The number of nitrogens with zero attached hydrogens (tertiary/aromatic N) is 1. The van der Waals surface area contributed by atoms with E-state index in [2.05, 4.69) is 43.0 Å². The number of hydrogen-bond acceptors (Lipinski definition) is 3. The normalized spacial score (nSPS) is 14.7. The summed E-state index contributed by atoms with van der Waals surface area (Å²) in [6.45, 7) is 7.03. The molecule has 3 heteroatoms. The molecule has 2 N–H and O–H groups in total. The van der Waals surface area contributed by atoms with Gasteiger partial charge in [-0.2, -0.15) is 0 Å². The van der Waals surface area contributed by atoms with Gasteiger partial charge in [0.15, 0.2) is 0 Å². The van der Waals surface area contributed by atoms with E-state index in [0.717, 1.165) is 26.1 Å². The molecule has 0 saturated carbocycles. The van der Waals surface area contributed by atoms with Crippen molar-refractivity contribution in [2.45, 2.75) is 32.4 Å². The molecule has 1 aromatic rings. The summed E-state index contributed by atoms with van der Waals surface area (Å²) in [7, 11) is 1.74. The van der Waals surface area contributed by atoms with Gasteiger partial charge in [0.05, 0.1) is 6.61 Å². The Balaban J connectivity index is 2.44. The lowest BCUT2D eigenvalue weighted by molar-refractivity contribution is 0.0986. The maximum absolute atomic E-state index is 6.23. The number of ether oxygens (including phenoxy) is 1. The van der Waals surface area contributed by atoms with E-state index in [1.165, 1.54) is 5.56 Å². The van der Waals surface area contributed by atoms with Crippen molar-refractivity contribution in [1.29, 1.82) is 0 Å². The second-order valence-corrected chi connectivity index (χ2v) is 4.84. The van der Waals surface area contributed by atoms with Gasteiger partial charge in [-0.05, 0) is 25.5 Å². The molecule has 102 valence electrons. The van der Waals surface area contributed by atoms with Crippen LogP contribution in [-0.4, -0.2) is 43.8 Å². The van der Waals surface area contributed by atoms with Crippen LogP contribution in [0.4, 0.5) is 0 Å². The number of hydrogen-bond donors (Lipinski definition) is 1. The van der Waals surface area contributed by atoms with E-state index in [9.17, 15) is 0 Å². The summed E-state index contributed by atoms with van der Waals surface area (Å²) in [5.41, 5.74) is 7.54. The van der Waals surface area contributed by atoms with Crippen LogP contribution >= 0.6 is 0 Å². The van der Waals surface area contributed by atoms with Crippen molar-refractivity contribution in [3.63, 3.8) is 0 Å². The molecule has 0 aliphatic heterocycles. The van der Waals surface area contributed by atoms with Crippen LogP contribution in [0.2, 0.25) is 0 Å². The van der Waals surface area contributed by atoms with E-state index in [4.69, 9.17) is 10.5 Å². The minimum atomic E-state index is 0.173. The molecular formula is C15H26N2O. The third-order valence-electron chi connectivity index (χ3n) is 3.25. The molecule has 0 saturated heterocycles. The molecule has 3 nitrogen and oxygen atoms in total. The first kappa shape index (κ1) is 15.2. The number of rotatable bonds is 8. The Labute approximate surface area is 111 Å². The van der Waals surface area contributed by atoms with Gasteiger partial charge < -0.3 is 10.5 Å². The highest BCUT2D eigenvalue weighted by Gasteiger charge is 2.15. The Bertz CT molecular complexity index is 316. The Hall–Kier alpha value is -0.900. The summed E-state index contributed by atoms with van der Waals surface area (Å²) in [4.78, 5) is 2.37. The van der Waals surface area contributed by atoms with Crippen molar-refractivity contribution in [1.82, 2.24) is 4.90 Å². The van der Waals surface area contributed by atoms with Crippen LogP contribution < -0.4 is 5.73 Å². The zero-order valence-corrected chi connectivity index (χ0v) is 11.8. The van der Waals surface area contributed by atoms with Crippen LogP contribution in [0.3, 0.4) is 0 Å². The van der Waals surface area contributed by atoms with Gasteiger partial charge in [0.1, 0.15) is 0 Å². The molecule has 0 aliphatic rings. The van der Waals surface area contributed by atoms with Crippen molar-refractivity contribution >= 4 is 0 Å². The number of nitrogens with two attached hydrogens (primary N) is 1. The number of likely N-dealkylation sites (N-methyl/N-ethyl adjacent to an activating group) is 1. The maximum Gasteiger partial charge on any atom is 0.0615 e. The summed E-state index contributed by atoms with van der Waals surface area (Å²) in [6, 6.07) is 11.0. The maximum atomic E-state index is 6.23. The quantitative estimate of drug-likeness (QED) is 0.766. The standard InChI is InChI=1S/C15H26N2O/c1-4-17(13(2)12-18-3)11-15(16)10-14-8-6-5-7-9-14/h5-9,13,15H,4,10-12,16H2,1-3H3. The predicted molar refractivity (Wildman–Crippen MR) is 76.7 cm³/mol. The zero-order valence-electron chi connectivity index (χ0n) is 11.8. The average molecular weight is 250 g/mol. The Kier molecular flexibility index (Phi) is 6.94. The molecule has 1 aromatic carbocycles. The van der Waals surface area contributed by atoms with Crippen molar-refractivity contribution in [2.24, 2.45) is 5.73 Å². The largest absolute Gasteiger partial charge is 0.383 e. The molecule has 0 fully saturated rings. The van der Waals surface area contributed by atoms with E-state index in [1.807, 2.05) is 6.07 Å². The Morgan fingerprint density at radius 1 is 1.28 bits per heavy atom. The Morgan fingerprint density at radius 3 is 2.50 bits per heavy atom. The first-order chi connectivity index (χ1) is 8.67. The van der Waals surface area contributed by atoms with Gasteiger partial charge >= 0.3 is 0 Å². The average Bonchev–Trinajstić information content (AvgIpc) is 2.37. The first-order valence-electron chi connectivity index (χ1n) is 6.69. The molecule has 0 aromatic heterocycles. The van der Waals surface area contributed by atoms with Gasteiger partial charge in [0.25, 0.3) is 0 Å². The van der Waals surface area contributed by atoms with Gasteiger partial charge in [-0.3, -0.25) is 4.90 Å². The fraction of sp³-hybridized carbons (Fsp3) is 0.600. The lowest BCUT2D eigenvalue weighted by atomic mass is 10.1. The lowest BCUT2D eigenvalue weighted by Gasteiger charge is -2.29. The van der Waals surface area contributed by atoms with Gasteiger partial charge in [-0.1, -0.05) is 37.3 Å². The highest BCUT2D eigenvalue weighted by atomic mass is 16.5. The molecule has 0 aliphatic carbocycles. The van der Waals surface area contributed by atoms with E-state index in [0.29, 0.717) is 6.04 Å². The van der Waals surface area contributed by atoms with Crippen LogP contribution in [0.1, 0.15) is 19.4 Å². The van der Waals surface area contributed by atoms with E-state index >= 15 is 0 Å². The molecule has 0 amide bonds. The van der Waals surface area contributed by atoms with Crippen LogP contribution in [0, 0.1) is 0 Å². The topological polar surface area (TPSA) is 38.5 Å². The first-order valence-corrected chi connectivity index (χ1v) is 6.69. The zero-order chi connectivity index (χ0) is 13.4. The second kappa shape index (κ2) is 8.25. The molecule has 18 heavy (non-hydrogen) atoms. The minimum absolute atomic E-state index is 0.173. The van der Waals surface area contributed by atoms with E-state index in [1.54, 1.807) is 7.11 Å². The monoisotopic (exact) mass is 250 g/mol. The van der Waals surface area contributed by atoms with Gasteiger partial charge in [-0.15, -0.1) is 0 Å². The molecule has 0 radical (unpaired) electrons. The van der Waals surface area contributed by atoms with Crippen molar-refractivity contribution in [2.75, 3.05) is 26.8 Å². The highest BCUT2D eigenvalue weighted by molar-refractivity contribution is 5.15. The fourth-order valence-electron chi connectivity index (χ4n) is 2.25. The fourth-order valence-corrected chi connectivity index (χ4v) is 2.25. The summed E-state index contributed by atoms with van der Waals surface area (Å²) in [5.74, 6) is 0. The summed E-state index contributed by atoms with van der Waals surface area (Å²) < 4.78 is 5.20. The summed E-state index contributed by atoms with van der Waals surface area (Å²) >= 11 is 0. The molecule has 0 bridgehead atoms. The van der Waals surface area contributed by atoms with Gasteiger partial charge in [0, 0.05) is 25.7 Å². The molecule has 1 rings (SSSR count). The van der Waals surface area contributed by atoms with Gasteiger partial charge in [0.2, 0.25) is 0 Å². The lowest BCUT2D eigenvalue weighted by Crippen LogP contribution is -2.44. The van der Waals surface area contributed by atoms with Gasteiger partial charge in [-0.25, -0.2) is 0 Å². The molecule has 0 heterocycles. The molecule has 2 unspecified atom stereocenters. The molecule has 2 atom stereocenters. The Morgan fingerprint density at radius 2 is 1.94 bits per heavy atom. The summed E-state index contributed by atoms with van der Waals surface area (Å²) in [5, 5.41) is 0. The van der Waals surface area contributed by atoms with E-state index < -0.39 is 0 Å². The van der Waals surface area contributed by atoms with Crippen molar-refractivity contribution < 1.29 is 4.74 Å². The second-order valence-electron chi connectivity index (χ2n) is 4.84. The third-order valence-corrected chi connectivity index (χ3v) is 3.25. The summed E-state index contributed by atoms with van der Waals surface area (Å²) in [6.07, 6.45) is 0.928. The van der Waals surface area contributed by atoms with Crippen LogP contribution in [-0.2, 0) is 11.2 Å². The smallest absolute Gasteiger partial charge is 0.0615 e.